The molecule has 0 fully saturated rings. The molecule has 0 aromatic heterocycles. The first kappa shape index (κ1) is 44.9. The molecule has 46 heavy (non-hydrogen) atoms. The number of aliphatic hydroxyl groups excluding tert-OH is 1. The van der Waals surface area contributed by atoms with Crippen molar-refractivity contribution in [2.45, 2.75) is 232 Å². The Hall–Kier alpha value is -1.10. The molecule has 0 aromatic carbocycles. The van der Waals surface area contributed by atoms with E-state index in [9.17, 15) is 14.7 Å². The highest BCUT2D eigenvalue weighted by Gasteiger charge is 2.16. The second kappa shape index (κ2) is 36.7. The number of hydrogen-bond acceptors (Lipinski definition) is 5. The minimum atomic E-state index is -0.762. The van der Waals surface area contributed by atoms with E-state index >= 15 is 0 Å². The molecular weight excluding hydrogens is 572 g/mol. The van der Waals surface area contributed by atoms with Crippen LogP contribution in [0.25, 0.3) is 0 Å². The SMILES string of the molecule is CCCCCCCCCCCCCCCCCCCC(=O)OC[C@H](CO)OC(=O)CCCCCCCCCCCCCCC(C)C. The standard InChI is InChI=1S/C41H80O5/c1-4-5-6-7-8-9-10-11-12-13-14-15-19-22-25-28-31-34-40(43)45-37-39(36-42)46-41(44)35-32-29-26-23-20-17-16-18-21-24-27-30-33-38(2)3/h38-39,42H,4-37H2,1-3H3/t39-/m0/s1. The quantitative estimate of drug-likeness (QED) is 0.0534. The zero-order chi connectivity index (χ0) is 33.8. The van der Waals surface area contributed by atoms with Crippen LogP contribution in [0.4, 0.5) is 0 Å². The number of unbranched alkanes of at least 4 members (excludes halogenated alkanes) is 27. The number of carbonyl (C=O) groups is 2. The monoisotopic (exact) mass is 653 g/mol. The van der Waals surface area contributed by atoms with Crippen LogP contribution < -0.4 is 0 Å². The van der Waals surface area contributed by atoms with E-state index in [0.29, 0.717) is 12.8 Å². The molecule has 0 amide bonds. The highest BCUT2D eigenvalue weighted by atomic mass is 16.6. The van der Waals surface area contributed by atoms with Crippen LogP contribution in [0.15, 0.2) is 0 Å². The smallest absolute Gasteiger partial charge is 0.306 e. The summed E-state index contributed by atoms with van der Waals surface area (Å²) in [4.78, 5) is 24.3. The minimum Gasteiger partial charge on any atom is -0.462 e. The Morgan fingerprint density at radius 1 is 0.478 bits per heavy atom. The lowest BCUT2D eigenvalue weighted by atomic mass is 10.0. The lowest BCUT2D eigenvalue weighted by Crippen LogP contribution is -2.28. The molecule has 5 nitrogen and oxygen atoms in total. The largest absolute Gasteiger partial charge is 0.462 e. The van der Waals surface area contributed by atoms with Gasteiger partial charge in [0.2, 0.25) is 0 Å². The number of rotatable bonds is 37. The summed E-state index contributed by atoms with van der Waals surface area (Å²) in [6, 6.07) is 0. The summed E-state index contributed by atoms with van der Waals surface area (Å²) < 4.78 is 10.6. The Balaban J connectivity index is 3.48. The van der Waals surface area contributed by atoms with E-state index in [-0.39, 0.29) is 25.2 Å². The highest BCUT2D eigenvalue weighted by molar-refractivity contribution is 5.70. The van der Waals surface area contributed by atoms with Gasteiger partial charge < -0.3 is 14.6 Å². The van der Waals surface area contributed by atoms with Crippen molar-refractivity contribution in [2.75, 3.05) is 13.2 Å². The van der Waals surface area contributed by atoms with Crippen molar-refractivity contribution >= 4 is 11.9 Å². The van der Waals surface area contributed by atoms with Gasteiger partial charge in [-0.05, 0) is 18.8 Å². The maximum atomic E-state index is 12.2. The number of hydrogen-bond donors (Lipinski definition) is 1. The molecule has 0 heterocycles. The van der Waals surface area contributed by atoms with Crippen molar-refractivity contribution in [3.63, 3.8) is 0 Å². The lowest BCUT2D eigenvalue weighted by molar-refractivity contribution is -0.161. The average molecular weight is 653 g/mol. The molecule has 0 aliphatic heterocycles. The number of carbonyl (C=O) groups excluding carboxylic acids is 2. The van der Waals surface area contributed by atoms with Gasteiger partial charge in [0.05, 0.1) is 6.61 Å². The summed E-state index contributed by atoms with van der Waals surface area (Å²) in [5.74, 6) is 0.265. The fraction of sp³-hybridized carbons (Fsp3) is 0.951. The van der Waals surface area contributed by atoms with Crippen molar-refractivity contribution in [1.29, 1.82) is 0 Å². The zero-order valence-electron chi connectivity index (χ0n) is 31.3. The summed E-state index contributed by atoms with van der Waals surface area (Å²) in [7, 11) is 0. The normalized spacial score (nSPS) is 12.1. The first-order chi connectivity index (χ1) is 22.5. The third kappa shape index (κ3) is 35.7. The van der Waals surface area contributed by atoms with Gasteiger partial charge in [-0.25, -0.2) is 0 Å². The third-order valence-electron chi connectivity index (χ3n) is 9.33. The number of esters is 2. The molecule has 0 aliphatic rings. The van der Waals surface area contributed by atoms with Crippen LogP contribution in [-0.2, 0) is 19.1 Å². The van der Waals surface area contributed by atoms with Crippen molar-refractivity contribution in [1.82, 2.24) is 0 Å². The van der Waals surface area contributed by atoms with Crippen LogP contribution in [-0.4, -0.2) is 36.4 Å². The molecular formula is C41H80O5. The van der Waals surface area contributed by atoms with Crippen LogP contribution in [0.1, 0.15) is 226 Å². The van der Waals surface area contributed by atoms with Crippen LogP contribution in [0.2, 0.25) is 0 Å². The molecule has 0 spiro atoms. The molecule has 0 radical (unpaired) electrons. The van der Waals surface area contributed by atoms with Gasteiger partial charge in [0.1, 0.15) is 6.61 Å². The molecule has 0 rings (SSSR count). The van der Waals surface area contributed by atoms with Gasteiger partial charge in [-0.3, -0.25) is 9.59 Å². The van der Waals surface area contributed by atoms with E-state index in [1.165, 1.54) is 161 Å². The minimum absolute atomic E-state index is 0.0576. The second-order valence-electron chi connectivity index (χ2n) is 14.6. The molecule has 274 valence electrons. The molecule has 1 N–H and O–H groups in total. The van der Waals surface area contributed by atoms with Crippen molar-refractivity contribution < 1.29 is 24.2 Å². The molecule has 0 aliphatic carbocycles. The van der Waals surface area contributed by atoms with Crippen molar-refractivity contribution in [3.05, 3.63) is 0 Å². The number of aliphatic hydroxyl groups is 1. The molecule has 0 aromatic rings. The highest BCUT2D eigenvalue weighted by Crippen LogP contribution is 2.16. The van der Waals surface area contributed by atoms with Crippen LogP contribution in [0.3, 0.4) is 0 Å². The molecule has 0 saturated heterocycles. The van der Waals surface area contributed by atoms with Crippen molar-refractivity contribution in [2.24, 2.45) is 5.92 Å². The van der Waals surface area contributed by atoms with Crippen LogP contribution >= 0.6 is 0 Å². The predicted octanol–water partition coefficient (Wildman–Crippen LogP) is 12.6. The fourth-order valence-corrected chi connectivity index (χ4v) is 6.21. The van der Waals surface area contributed by atoms with Gasteiger partial charge in [-0.1, -0.05) is 201 Å². The first-order valence-electron chi connectivity index (χ1n) is 20.5. The Morgan fingerprint density at radius 3 is 1.15 bits per heavy atom. The van der Waals surface area contributed by atoms with Gasteiger partial charge in [0, 0.05) is 12.8 Å². The topological polar surface area (TPSA) is 72.8 Å². The van der Waals surface area contributed by atoms with Gasteiger partial charge in [-0.15, -0.1) is 0 Å². The third-order valence-corrected chi connectivity index (χ3v) is 9.33. The second-order valence-corrected chi connectivity index (χ2v) is 14.6. The average Bonchev–Trinajstić information content (AvgIpc) is 3.04. The van der Waals surface area contributed by atoms with E-state index in [1.54, 1.807) is 0 Å². The van der Waals surface area contributed by atoms with E-state index in [4.69, 9.17) is 9.47 Å². The van der Waals surface area contributed by atoms with Crippen molar-refractivity contribution in [3.8, 4) is 0 Å². The molecule has 1 atom stereocenters. The van der Waals surface area contributed by atoms with Crippen LogP contribution in [0.5, 0.6) is 0 Å². The van der Waals surface area contributed by atoms with Gasteiger partial charge in [-0.2, -0.15) is 0 Å². The molecule has 0 unspecified atom stereocenters. The molecule has 0 bridgehead atoms. The Bertz CT molecular complexity index is 634. The first-order valence-corrected chi connectivity index (χ1v) is 20.5. The van der Waals surface area contributed by atoms with Crippen LogP contribution in [0, 0.1) is 5.92 Å². The predicted molar refractivity (Wildman–Crippen MR) is 196 cm³/mol. The summed E-state index contributed by atoms with van der Waals surface area (Å²) >= 11 is 0. The van der Waals surface area contributed by atoms with Gasteiger partial charge >= 0.3 is 11.9 Å². The maximum absolute atomic E-state index is 12.2. The Labute approximate surface area is 287 Å². The summed E-state index contributed by atoms with van der Waals surface area (Å²) in [6.45, 7) is 6.51. The Morgan fingerprint density at radius 2 is 0.804 bits per heavy atom. The molecule has 5 heteroatoms. The van der Waals surface area contributed by atoms with E-state index in [1.807, 2.05) is 0 Å². The van der Waals surface area contributed by atoms with Gasteiger partial charge in [0.15, 0.2) is 6.10 Å². The Kier molecular flexibility index (Phi) is 35.9. The fourth-order valence-electron chi connectivity index (χ4n) is 6.21. The number of ether oxygens (including phenoxy) is 2. The zero-order valence-corrected chi connectivity index (χ0v) is 31.3. The molecule has 0 saturated carbocycles. The van der Waals surface area contributed by atoms with E-state index in [0.717, 1.165) is 38.0 Å². The summed E-state index contributed by atoms with van der Waals surface area (Å²) in [5.41, 5.74) is 0. The summed E-state index contributed by atoms with van der Waals surface area (Å²) in [6.07, 6.45) is 38.8. The van der Waals surface area contributed by atoms with Gasteiger partial charge in [0.25, 0.3) is 0 Å². The summed E-state index contributed by atoms with van der Waals surface area (Å²) in [5, 5.41) is 9.56. The van der Waals surface area contributed by atoms with E-state index < -0.39 is 6.10 Å². The van der Waals surface area contributed by atoms with E-state index in [2.05, 4.69) is 20.8 Å². The maximum Gasteiger partial charge on any atom is 0.306 e. The lowest BCUT2D eigenvalue weighted by Gasteiger charge is -2.15.